The number of carboxylic acids is 1. The summed E-state index contributed by atoms with van der Waals surface area (Å²) in [4.78, 5) is 21.0. The molecule has 0 amide bonds. The molecule has 2 atom stereocenters. The van der Waals surface area contributed by atoms with Crippen LogP contribution in [0.15, 0.2) is 36.7 Å². The van der Waals surface area contributed by atoms with E-state index in [1.165, 1.54) is 0 Å². The molecule has 4 rings (SSSR count). The number of aromatic carboxylic acids is 1. The highest BCUT2D eigenvalue weighted by Crippen LogP contribution is 2.38. The first-order valence-corrected chi connectivity index (χ1v) is 10.0. The molecule has 2 aromatic heterocycles. The molecule has 0 saturated carbocycles. The molecule has 0 spiro atoms. The van der Waals surface area contributed by atoms with Gasteiger partial charge in [-0.2, -0.15) is 0 Å². The van der Waals surface area contributed by atoms with Crippen molar-refractivity contribution in [2.24, 2.45) is 5.92 Å². The third kappa shape index (κ3) is 3.64. The molecule has 6 nitrogen and oxygen atoms in total. The number of rotatable bonds is 5. The molecule has 6 heteroatoms. The molecule has 1 aliphatic rings. The van der Waals surface area contributed by atoms with E-state index >= 15 is 0 Å². The number of H-pyrrole nitrogens is 1. The first-order valence-electron chi connectivity index (χ1n) is 10.0. The lowest BCUT2D eigenvalue weighted by molar-refractivity contribution is 0.0690. The van der Waals surface area contributed by atoms with E-state index < -0.39 is 5.97 Å². The SMILES string of the molecule is C#C[C@H]1CCN(Cc2c(OC)cc(C)c3[nH]ccc23)[C@H](c2ccc(C(=O)O)nc2)C1. The second kappa shape index (κ2) is 8.21. The monoisotopic (exact) mass is 403 g/mol. The number of likely N-dealkylation sites (tertiary alicyclic amines) is 1. The number of aromatic amines is 1. The molecule has 30 heavy (non-hydrogen) atoms. The molecular formula is C24H25N3O3. The maximum absolute atomic E-state index is 11.2. The summed E-state index contributed by atoms with van der Waals surface area (Å²) in [6.45, 7) is 3.63. The van der Waals surface area contributed by atoms with Gasteiger partial charge in [0.1, 0.15) is 11.4 Å². The molecule has 0 radical (unpaired) electrons. The first-order chi connectivity index (χ1) is 14.5. The maximum atomic E-state index is 11.2. The number of nitrogens with one attached hydrogen (secondary N) is 1. The summed E-state index contributed by atoms with van der Waals surface area (Å²) < 4.78 is 5.72. The maximum Gasteiger partial charge on any atom is 0.354 e. The number of pyridine rings is 1. The molecular weight excluding hydrogens is 378 g/mol. The standard InChI is InChI=1S/C24H25N3O3/c1-4-16-8-10-27(21(12-16)17-5-6-20(24(28)29)26-13-17)14-19-18-7-9-25-23(18)15(2)11-22(19)30-3/h1,5-7,9,11,13,16,21,25H,8,10,12,14H2,2-3H3,(H,28,29)/t16-,21-/m0/s1. The van der Waals surface area contributed by atoms with Gasteiger partial charge in [0, 0.05) is 53.9 Å². The van der Waals surface area contributed by atoms with Crippen LogP contribution in [0, 0.1) is 25.2 Å². The van der Waals surface area contributed by atoms with Crippen molar-refractivity contribution in [2.75, 3.05) is 13.7 Å². The van der Waals surface area contributed by atoms with Crippen molar-refractivity contribution >= 4 is 16.9 Å². The smallest absolute Gasteiger partial charge is 0.354 e. The summed E-state index contributed by atoms with van der Waals surface area (Å²) in [6.07, 6.45) is 11.1. The van der Waals surface area contributed by atoms with Crippen molar-refractivity contribution in [2.45, 2.75) is 32.4 Å². The lowest BCUT2D eigenvalue weighted by Gasteiger charge is -2.38. The third-order valence-electron chi connectivity index (χ3n) is 6.03. The number of methoxy groups -OCH3 is 1. The number of fused-ring (bicyclic) bond motifs is 1. The van der Waals surface area contributed by atoms with Crippen LogP contribution in [0.2, 0.25) is 0 Å². The molecule has 0 bridgehead atoms. The number of hydrogen-bond donors (Lipinski definition) is 2. The first kappa shape index (κ1) is 20.0. The van der Waals surface area contributed by atoms with E-state index in [1.807, 2.05) is 12.3 Å². The summed E-state index contributed by atoms with van der Waals surface area (Å²) in [5.74, 6) is 2.94. The second-order valence-corrected chi connectivity index (χ2v) is 7.80. The van der Waals surface area contributed by atoms with Crippen LogP contribution in [0.1, 0.15) is 46.1 Å². The van der Waals surface area contributed by atoms with Crippen molar-refractivity contribution in [1.29, 1.82) is 0 Å². The van der Waals surface area contributed by atoms with Gasteiger partial charge in [-0.25, -0.2) is 9.78 Å². The summed E-state index contributed by atoms with van der Waals surface area (Å²) in [6, 6.07) is 7.64. The van der Waals surface area contributed by atoms with Crippen LogP contribution < -0.4 is 4.74 Å². The Morgan fingerprint density at radius 1 is 1.43 bits per heavy atom. The molecule has 154 valence electrons. The van der Waals surface area contributed by atoms with Gasteiger partial charge in [-0.15, -0.1) is 12.3 Å². The highest BCUT2D eigenvalue weighted by Gasteiger charge is 2.30. The number of aryl methyl sites for hydroxylation is 1. The number of piperidine rings is 1. The number of hydrogen-bond acceptors (Lipinski definition) is 4. The second-order valence-electron chi connectivity index (χ2n) is 7.80. The van der Waals surface area contributed by atoms with E-state index in [0.29, 0.717) is 6.54 Å². The zero-order valence-corrected chi connectivity index (χ0v) is 17.2. The Kier molecular flexibility index (Phi) is 5.47. The van der Waals surface area contributed by atoms with Gasteiger partial charge in [0.15, 0.2) is 0 Å². The normalized spacial score (nSPS) is 19.5. The number of aromatic nitrogens is 2. The van der Waals surface area contributed by atoms with E-state index in [9.17, 15) is 4.79 Å². The summed E-state index contributed by atoms with van der Waals surface area (Å²) in [7, 11) is 1.70. The fourth-order valence-corrected chi connectivity index (χ4v) is 4.41. The van der Waals surface area contributed by atoms with E-state index in [-0.39, 0.29) is 17.7 Å². The van der Waals surface area contributed by atoms with Crippen LogP contribution >= 0.6 is 0 Å². The molecule has 1 saturated heterocycles. The van der Waals surface area contributed by atoms with Crippen molar-refractivity contribution < 1.29 is 14.6 Å². The highest BCUT2D eigenvalue weighted by molar-refractivity contribution is 5.88. The van der Waals surface area contributed by atoms with E-state index in [4.69, 9.17) is 16.3 Å². The fourth-order valence-electron chi connectivity index (χ4n) is 4.41. The Labute approximate surface area is 175 Å². The summed E-state index contributed by atoms with van der Waals surface area (Å²) in [5.41, 5.74) is 4.43. The predicted molar refractivity (Wildman–Crippen MR) is 115 cm³/mol. The van der Waals surface area contributed by atoms with Crippen LogP contribution in [0.5, 0.6) is 5.75 Å². The Morgan fingerprint density at radius 3 is 2.93 bits per heavy atom. The average molecular weight is 403 g/mol. The van der Waals surface area contributed by atoms with Gasteiger partial charge in [-0.1, -0.05) is 6.07 Å². The Bertz CT molecular complexity index is 1110. The third-order valence-corrected chi connectivity index (χ3v) is 6.03. The Hall–Kier alpha value is -3.30. The topological polar surface area (TPSA) is 78.5 Å². The molecule has 2 N–H and O–H groups in total. The number of ether oxygens (including phenoxy) is 1. The minimum absolute atomic E-state index is 0.0452. The predicted octanol–water partition coefficient (Wildman–Crippen LogP) is 4.16. The van der Waals surface area contributed by atoms with Gasteiger partial charge in [-0.05, 0) is 49.1 Å². The highest BCUT2D eigenvalue weighted by atomic mass is 16.5. The molecule has 3 heterocycles. The summed E-state index contributed by atoms with van der Waals surface area (Å²) >= 11 is 0. The van der Waals surface area contributed by atoms with Crippen molar-refractivity contribution in [1.82, 2.24) is 14.9 Å². The minimum Gasteiger partial charge on any atom is -0.496 e. The van der Waals surface area contributed by atoms with Crippen molar-refractivity contribution in [3.8, 4) is 18.1 Å². The fraction of sp³-hybridized carbons (Fsp3) is 0.333. The van der Waals surface area contributed by atoms with Crippen LogP contribution in [-0.2, 0) is 6.54 Å². The van der Waals surface area contributed by atoms with Crippen molar-refractivity contribution in [3.05, 3.63) is 59.0 Å². The molecule has 1 fully saturated rings. The Balaban J connectivity index is 1.71. The molecule has 1 aromatic carbocycles. The van der Waals surface area contributed by atoms with Gasteiger partial charge in [0.2, 0.25) is 0 Å². The molecule has 0 unspecified atom stereocenters. The van der Waals surface area contributed by atoms with Crippen LogP contribution in [0.25, 0.3) is 10.9 Å². The quantitative estimate of drug-likeness (QED) is 0.626. The molecule has 1 aliphatic heterocycles. The number of carbonyl (C=O) groups is 1. The minimum atomic E-state index is -1.03. The number of nitrogens with zero attached hydrogens (tertiary/aromatic N) is 2. The number of benzene rings is 1. The van der Waals surface area contributed by atoms with Crippen LogP contribution in [0.4, 0.5) is 0 Å². The lowest BCUT2D eigenvalue weighted by atomic mass is 9.87. The number of terminal acetylenes is 1. The molecule has 3 aromatic rings. The van der Waals surface area contributed by atoms with E-state index in [2.05, 4.69) is 39.8 Å². The zero-order valence-electron chi connectivity index (χ0n) is 17.2. The average Bonchev–Trinajstić information content (AvgIpc) is 3.26. The van der Waals surface area contributed by atoms with E-state index in [1.54, 1.807) is 19.4 Å². The van der Waals surface area contributed by atoms with Crippen LogP contribution in [-0.4, -0.2) is 39.6 Å². The summed E-state index contributed by atoms with van der Waals surface area (Å²) in [5, 5.41) is 10.3. The largest absolute Gasteiger partial charge is 0.496 e. The van der Waals surface area contributed by atoms with Gasteiger partial charge in [-0.3, -0.25) is 4.90 Å². The van der Waals surface area contributed by atoms with Gasteiger partial charge < -0.3 is 14.8 Å². The molecule has 0 aliphatic carbocycles. The van der Waals surface area contributed by atoms with Gasteiger partial charge >= 0.3 is 5.97 Å². The number of carboxylic acid groups (broad SMARTS) is 1. The van der Waals surface area contributed by atoms with Gasteiger partial charge in [0.05, 0.1) is 7.11 Å². The Morgan fingerprint density at radius 2 is 2.27 bits per heavy atom. The zero-order chi connectivity index (χ0) is 21.3. The van der Waals surface area contributed by atoms with Crippen LogP contribution in [0.3, 0.4) is 0 Å². The van der Waals surface area contributed by atoms with Gasteiger partial charge in [0.25, 0.3) is 0 Å². The van der Waals surface area contributed by atoms with E-state index in [0.717, 1.165) is 52.7 Å². The lowest BCUT2D eigenvalue weighted by Crippen LogP contribution is -2.36. The van der Waals surface area contributed by atoms with Crippen molar-refractivity contribution in [3.63, 3.8) is 0 Å².